The number of benzene rings is 1. The van der Waals surface area contributed by atoms with Crippen LogP contribution in [0.15, 0.2) is 30.3 Å². The van der Waals surface area contributed by atoms with Crippen LogP contribution in [0.4, 0.5) is 0 Å². The number of rotatable bonds is 7. The molecule has 1 fully saturated rings. The first kappa shape index (κ1) is 16.2. The zero-order valence-electron chi connectivity index (χ0n) is 12.7. The van der Waals surface area contributed by atoms with Crippen molar-refractivity contribution in [2.24, 2.45) is 0 Å². The van der Waals surface area contributed by atoms with E-state index in [1.54, 1.807) is 0 Å². The van der Waals surface area contributed by atoms with Gasteiger partial charge in [0.15, 0.2) is 0 Å². The molecule has 0 spiro atoms. The van der Waals surface area contributed by atoms with E-state index >= 15 is 0 Å². The minimum atomic E-state index is -0.826. The summed E-state index contributed by atoms with van der Waals surface area (Å²) in [6, 6.07) is 9.90. The summed E-state index contributed by atoms with van der Waals surface area (Å²) in [6.45, 7) is 4.56. The third-order valence-corrected chi connectivity index (χ3v) is 5.18. The van der Waals surface area contributed by atoms with Gasteiger partial charge in [0, 0.05) is 28.9 Å². The van der Waals surface area contributed by atoms with E-state index in [2.05, 4.69) is 12.2 Å². The van der Waals surface area contributed by atoms with Crippen LogP contribution in [-0.2, 0) is 22.0 Å². The lowest BCUT2D eigenvalue weighted by Gasteiger charge is -2.22. The first-order chi connectivity index (χ1) is 10.2. The van der Waals surface area contributed by atoms with Crippen LogP contribution in [-0.4, -0.2) is 45.3 Å². The van der Waals surface area contributed by atoms with E-state index in [1.165, 1.54) is 0 Å². The minimum absolute atomic E-state index is 0.0695. The fraction of sp³-hybridized carbons (Fsp3) is 0.562. The van der Waals surface area contributed by atoms with Crippen molar-refractivity contribution >= 4 is 16.7 Å². The summed E-state index contributed by atoms with van der Waals surface area (Å²) >= 11 is 0. The zero-order chi connectivity index (χ0) is 15.2. The SMILES string of the molecule is CCC1NC(Cc2ccccc2)C(=O)N1CCS(=O)CC. The van der Waals surface area contributed by atoms with Crippen molar-refractivity contribution in [1.29, 1.82) is 0 Å². The molecule has 0 aromatic heterocycles. The molecule has 1 heterocycles. The van der Waals surface area contributed by atoms with Crippen LogP contribution < -0.4 is 5.32 Å². The standard InChI is InChI=1S/C16H24N2O2S/c1-3-15-17-14(12-13-8-6-5-7-9-13)16(19)18(15)10-11-21(20)4-2/h5-9,14-15,17H,3-4,10-12H2,1-2H3. The second-order valence-electron chi connectivity index (χ2n) is 5.30. The molecule has 0 saturated carbocycles. The van der Waals surface area contributed by atoms with E-state index < -0.39 is 10.8 Å². The summed E-state index contributed by atoms with van der Waals surface area (Å²) in [7, 11) is -0.826. The highest BCUT2D eigenvalue weighted by atomic mass is 32.2. The third kappa shape index (κ3) is 4.14. The molecule has 21 heavy (non-hydrogen) atoms. The molecule has 0 radical (unpaired) electrons. The number of carbonyl (C=O) groups excluding carboxylic acids is 1. The van der Waals surface area contributed by atoms with E-state index in [9.17, 15) is 9.00 Å². The van der Waals surface area contributed by atoms with Gasteiger partial charge in [-0.25, -0.2) is 0 Å². The Hall–Kier alpha value is -1.20. The maximum Gasteiger partial charge on any atom is 0.241 e. The third-order valence-electron chi connectivity index (χ3n) is 3.90. The number of carbonyl (C=O) groups is 1. The fourth-order valence-electron chi connectivity index (χ4n) is 2.69. The van der Waals surface area contributed by atoms with Crippen molar-refractivity contribution < 1.29 is 9.00 Å². The van der Waals surface area contributed by atoms with Gasteiger partial charge in [0.25, 0.3) is 0 Å². The molecule has 1 aromatic rings. The maximum absolute atomic E-state index is 12.5. The molecule has 3 unspecified atom stereocenters. The molecule has 1 amide bonds. The van der Waals surface area contributed by atoms with Crippen LogP contribution in [0.5, 0.6) is 0 Å². The lowest BCUT2D eigenvalue weighted by molar-refractivity contribution is -0.129. The smallest absolute Gasteiger partial charge is 0.241 e. The van der Waals surface area contributed by atoms with Crippen LogP contribution in [0.3, 0.4) is 0 Å². The lowest BCUT2D eigenvalue weighted by Crippen LogP contribution is -2.39. The second kappa shape index (κ2) is 7.71. The minimum Gasteiger partial charge on any atom is -0.325 e. The van der Waals surface area contributed by atoms with Crippen LogP contribution in [0.1, 0.15) is 25.8 Å². The lowest BCUT2D eigenvalue weighted by atomic mass is 10.1. The van der Waals surface area contributed by atoms with Gasteiger partial charge < -0.3 is 4.90 Å². The van der Waals surface area contributed by atoms with Gasteiger partial charge in [-0.1, -0.05) is 44.2 Å². The topological polar surface area (TPSA) is 49.4 Å². The number of nitrogens with one attached hydrogen (secondary N) is 1. The molecule has 1 aliphatic rings. The monoisotopic (exact) mass is 308 g/mol. The Morgan fingerprint density at radius 1 is 1.24 bits per heavy atom. The summed E-state index contributed by atoms with van der Waals surface area (Å²) in [6.07, 6.45) is 1.65. The normalized spacial score (nSPS) is 23.5. The zero-order valence-corrected chi connectivity index (χ0v) is 13.6. The predicted molar refractivity (Wildman–Crippen MR) is 86.4 cm³/mol. The second-order valence-corrected chi connectivity index (χ2v) is 7.16. The van der Waals surface area contributed by atoms with Crippen LogP contribution in [0, 0.1) is 0 Å². The quantitative estimate of drug-likeness (QED) is 0.831. The van der Waals surface area contributed by atoms with Crippen LogP contribution in [0.25, 0.3) is 0 Å². The number of amides is 1. The van der Waals surface area contributed by atoms with Crippen LogP contribution >= 0.6 is 0 Å². The Labute approximate surface area is 129 Å². The fourth-order valence-corrected chi connectivity index (χ4v) is 3.38. The van der Waals surface area contributed by atoms with Gasteiger partial charge in [-0.3, -0.25) is 14.3 Å². The number of hydrogen-bond acceptors (Lipinski definition) is 3. The molecule has 4 nitrogen and oxygen atoms in total. The van der Waals surface area contributed by atoms with Gasteiger partial charge in [-0.15, -0.1) is 0 Å². The number of nitrogens with zero attached hydrogens (tertiary/aromatic N) is 1. The van der Waals surface area contributed by atoms with E-state index in [1.807, 2.05) is 42.2 Å². The Morgan fingerprint density at radius 2 is 1.95 bits per heavy atom. The van der Waals surface area contributed by atoms with Crippen molar-refractivity contribution in [2.45, 2.75) is 38.9 Å². The molecule has 0 bridgehead atoms. The van der Waals surface area contributed by atoms with Crippen molar-refractivity contribution in [3.63, 3.8) is 0 Å². The Balaban J connectivity index is 1.99. The summed E-state index contributed by atoms with van der Waals surface area (Å²) < 4.78 is 11.6. The Morgan fingerprint density at radius 3 is 2.57 bits per heavy atom. The molecule has 1 aromatic carbocycles. The maximum atomic E-state index is 12.5. The van der Waals surface area contributed by atoms with Crippen LogP contribution in [0.2, 0.25) is 0 Å². The van der Waals surface area contributed by atoms with Gasteiger partial charge in [0.2, 0.25) is 5.91 Å². The van der Waals surface area contributed by atoms with Gasteiger partial charge in [-0.2, -0.15) is 0 Å². The molecule has 5 heteroatoms. The molecule has 0 aliphatic carbocycles. The average Bonchev–Trinajstić information content (AvgIpc) is 2.81. The Bertz CT molecular complexity index is 492. The van der Waals surface area contributed by atoms with E-state index in [0.717, 1.165) is 12.0 Å². The van der Waals surface area contributed by atoms with Crippen molar-refractivity contribution in [2.75, 3.05) is 18.1 Å². The highest BCUT2D eigenvalue weighted by Gasteiger charge is 2.37. The molecular weight excluding hydrogens is 284 g/mol. The van der Waals surface area contributed by atoms with Crippen molar-refractivity contribution in [1.82, 2.24) is 10.2 Å². The van der Waals surface area contributed by atoms with E-state index in [0.29, 0.717) is 24.5 Å². The molecular formula is C16H24N2O2S. The highest BCUT2D eigenvalue weighted by molar-refractivity contribution is 7.84. The summed E-state index contributed by atoms with van der Waals surface area (Å²) in [5, 5.41) is 3.41. The van der Waals surface area contributed by atoms with Crippen molar-refractivity contribution in [3.05, 3.63) is 35.9 Å². The van der Waals surface area contributed by atoms with Gasteiger partial charge in [0.05, 0.1) is 12.2 Å². The summed E-state index contributed by atoms with van der Waals surface area (Å²) in [4.78, 5) is 14.4. The van der Waals surface area contributed by atoms with Gasteiger partial charge >= 0.3 is 0 Å². The summed E-state index contributed by atoms with van der Waals surface area (Å²) in [5.41, 5.74) is 1.16. The number of hydrogen-bond donors (Lipinski definition) is 1. The highest BCUT2D eigenvalue weighted by Crippen LogP contribution is 2.17. The average molecular weight is 308 g/mol. The molecule has 1 aliphatic heterocycles. The van der Waals surface area contributed by atoms with Gasteiger partial charge in [-0.05, 0) is 18.4 Å². The first-order valence-electron chi connectivity index (χ1n) is 7.61. The molecule has 1 saturated heterocycles. The van der Waals surface area contributed by atoms with Crippen molar-refractivity contribution in [3.8, 4) is 0 Å². The van der Waals surface area contributed by atoms with E-state index in [4.69, 9.17) is 0 Å². The van der Waals surface area contributed by atoms with Gasteiger partial charge in [0.1, 0.15) is 0 Å². The molecule has 1 N–H and O–H groups in total. The first-order valence-corrected chi connectivity index (χ1v) is 9.10. The molecule has 116 valence electrons. The Kier molecular flexibility index (Phi) is 5.94. The largest absolute Gasteiger partial charge is 0.325 e. The van der Waals surface area contributed by atoms with E-state index in [-0.39, 0.29) is 18.1 Å². The summed E-state index contributed by atoms with van der Waals surface area (Å²) in [5.74, 6) is 1.36. The molecule has 2 rings (SSSR count). The molecule has 3 atom stereocenters. The predicted octanol–water partition coefficient (Wildman–Crippen LogP) is 1.53.